The Labute approximate surface area is 201 Å². The van der Waals surface area contributed by atoms with Gasteiger partial charge in [-0.2, -0.15) is 10.4 Å². The molecule has 5 heteroatoms. The Morgan fingerprint density at radius 2 is 0.966 bits per heavy atom. The van der Waals surface area contributed by atoms with Gasteiger partial charge in [0.1, 0.15) is 16.5 Å². The molecule has 2 aliphatic carbocycles. The molecule has 0 spiro atoms. The van der Waals surface area contributed by atoms with E-state index in [1.807, 2.05) is 0 Å². The van der Waals surface area contributed by atoms with E-state index in [1.165, 1.54) is 75.9 Å². The molecular weight excluding hydrogens is 464 g/mol. The van der Waals surface area contributed by atoms with Gasteiger partial charge in [0.2, 0.25) is 0 Å². The van der Waals surface area contributed by atoms with Gasteiger partial charge >= 0.3 is 26.2 Å². The van der Waals surface area contributed by atoms with E-state index in [1.54, 1.807) is 10.4 Å². The molecule has 29 heavy (non-hydrogen) atoms. The van der Waals surface area contributed by atoms with E-state index in [0.29, 0.717) is 0 Å². The summed E-state index contributed by atoms with van der Waals surface area (Å²) in [5.74, 6) is 0. The van der Waals surface area contributed by atoms with Gasteiger partial charge in [-0.05, 0) is 51.9 Å². The molecule has 2 nitrogen and oxygen atoms in total. The molecule has 2 saturated heterocycles. The fourth-order valence-corrected chi connectivity index (χ4v) is 10.8. The molecule has 0 unspecified atom stereocenters. The summed E-state index contributed by atoms with van der Waals surface area (Å²) in [6.45, 7) is 19.5. The van der Waals surface area contributed by atoms with Gasteiger partial charge in [-0.25, -0.2) is 23.3 Å². The van der Waals surface area contributed by atoms with Crippen LogP contribution in [0.2, 0.25) is 26.2 Å². The van der Waals surface area contributed by atoms with Gasteiger partial charge in [0, 0.05) is 0 Å². The van der Waals surface area contributed by atoms with Crippen molar-refractivity contribution in [2.24, 2.45) is 0 Å². The van der Waals surface area contributed by atoms with E-state index in [9.17, 15) is 0 Å². The molecule has 0 radical (unpaired) electrons. The standard InChI is InChI=1S/2C12H20NSi.Zr/c2*1-11-6-7-12(10-11)14(2,3)13-8-4-5-9-13;/h2*6H,4-5,7-9H2,1-3H3;/q2*-1;+2. The quantitative estimate of drug-likeness (QED) is 0.353. The third-order valence-corrected chi connectivity index (χ3v) is 14.9. The van der Waals surface area contributed by atoms with Crippen LogP contribution in [-0.4, -0.2) is 51.8 Å². The topological polar surface area (TPSA) is 6.48 Å². The zero-order chi connectivity index (χ0) is 20.4. The summed E-state index contributed by atoms with van der Waals surface area (Å²) in [4.78, 5) is 0. The van der Waals surface area contributed by atoms with Crippen molar-refractivity contribution in [3.8, 4) is 0 Å². The molecule has 0 amide bonds. The van der Waals surface area contributed by atoms with Crippen molar-refractivity contribution in [3.63, 3.8) is 0 Å². The molecule has 2 aliphatic heterocycles. The monoisotopic (exact) mass is 502 g/mol. The molecule has 0 saturated carbocycles. The van der Waals surface area contributed by atoms with Crippen molar-refractivity contribution < 1.29 is 26.2 Å². The van der Waals surface area contributed by atoms with Crippen molar-refractivity contribution in [2.75, 3.05) is 26.2 Å². The van der Waals surface area contributed by atoms with Crippen LogP contribution in [0.25, 0.3) is 0 Å². The van der Waals surface area contributed by atoms with E-state index >= 15 is 0 Å². The maximum absolute atomic E-state index is 3.57. The molecule has 2 heterocycles. The molecule has 0 bridgehead atoms. The van der Waals surface area contributed by atoms with E-state index in [4.69, 9.17) is 0 Å². The van der Waals surface area contributed by atoms with Crippen molar-refractivity contribution >= 4 is 16.5 Å². The van der Waals surface area contributed by atoms with Crippen molar-refractivity contribution in [1.82, 2.24) is 9.13 Å². The number of rotatable bonds is 4. The molecule has 4 rings (SSSR count). The van der Waals surface area contributed by atoms with Crippen LogP contribution in [0, 0.1) is 12.2 Å². The first-order valence-corrected chi connectivity index (χ1v) is 17.2. The molecule has 2 fully saturated rings. The first-order valence-electron chi connectivity index (χ1n) is 11.3. The molecule has 4 aliphatic rings. The predicted octanol–water partition coefficient (Wildman–Crippen LogP) is 5.81. The Bertz CT molecular complexity index is 632. The summed E-state index contributed by atoms with van der Waals surface area (Å²) >= 11 is 0. The smallest absolute Gasteiger partial charge is 0.321 e. The maximum atomic E-state index is 3.57. The first kappa shape index (κ1) is 25.5. The van der Waals surface area contributed by atoms with Crippen LogP contribution in [-0.2, 0) is 26.2 Å². The van der Waals surface area contributed by atoms with Crippen LogP contribution < -0.4 is 0 Å². The average molecular weight is 504 g/mol. The van der Waals surface area contributed by atoms with Crippen LogP contribution in [0.15, 0.2) is 33.7 Å². The molecule has 0 N–H and O–H groups in total. The van der Waals surface area contributed by atoms with E-state index in [-0.39, 0.29) is 26.2 Å². The second-order valence-electron chi connectivity index (χ2n) is 9.90. The zero-order valence-electron chi connectivity index (χ0n) is 19.6. The third-order valence-electron chi connectivity index (χ3n) is 7.19. The van der Waals surface area contributed by atoms with Crippen LogP contribution in [0.4, 0.5) is 0 Å². The van der Waals surface area contributed by atoms with E-state index < -0.39 is 16.5 Å². The first-order chi connectivity index (χ1) is 13.2. The SMILES string of the molecule is CC1=CCC([Si](C)(C)N2CCCC2)=[C-]1.CC1=CCC([Si](C)(C)N2CCCC2)=[C-]1.[Zr+2]. The minimum absolute atomic E-state index is 0. The molecular formula is C24H40N2Si2Zr. The van der Waals surface area contributed by atoms with E-state index in [2.05, 4.69) is 73.5 Å². The molecule has 158 valence electrons. The summed E-state index contributed by atoms with van der Waals surface area (Å²) in [6, 6.07) is 0. The minimum Gasteiger partial charge on any atom is -0.321 e. The van der Waals surface area contributed by atoms with Gasteiger partial charge in [0.15, 0.2) is 0 Å². The summed E-state index contributed by atoms with van der Waals surface area (Å²) in [6.07, 6.45) is 19.7. The Hall–Kier alpha value is 0.197. The third kappa shape index (κ3) is 6.13. The fraction of sp³-hybridized carbons (Fsp3) is 0.667. The Kier molecular flexibility index (Phi) is 9.37. The Morgan fingerprint density at radius 1 is 0.655 bits per heavy atom. The molecule has 0 aromatic rings. The summed E-state index contributed by atoms with van der Waals surface area (Å²) in [5, 5.41) is 3.22. The van der Waals surface area contributed by atoms with Crippen LogP contribution in [0.5, 0.6) is 0 Å². The van der Waals surface area contributed by atoms with Crippen molar-refractivity contribution in [1.29, 1.82) is 0 Å². The number of hydrogen-bond acceptors (Lipinski definition) is 2. The van der Waals surface area contributed by atoms with E-state index in [0.717, 1.165) is 0 Å². The second kappa shape index (κ2) is 10.7. The van der Waals surface area contributed by atoms with Gasteiger partial charge in [0.25, 0.3) is 0 Å². The van der Waals surface area contributed by atoms with Crippen LogP contribution in [0.1, 0.15) is 52.4 Å². The van der Waals surface area contributed by atoms with Gasteiger partial charge in [0.05, 0.1) is 0 Å². The van der Waals surface area contributed by atoms with Crippen molar-refractivity contribution in [3.05, 3.63) is 45.8 Å². The van der Waals surface area contributed by atoms with Crippen LogP contribution >= 0.6 is 0 Å². The molecule has 0 atom stereocenters. The number of hydrogen-bond donors (Lipinski definition) is 0. The van der Waals surface area contributed by atoms with Crippen LogP contribution in [0.3, 0.4) is 0 Å². The Morgan fingerprint density at radius 3 is 1.21 bits per heavy atom. The normalized spacial score (nSPS) is 23.1. The predicted molar refractivity (Wildman–Crippen MR) is 127 cm³/mol. The van der Waals surface area contributed by atoms with Gasteiger partial charge in [-0.15, -0.1) is 0 Å². The number of nitrogens with zero attached hydrogens (tertiary/aromatic N) is 2. The second-order valence-corrected chi connectivity index (χ2v) is 18.6. The average Bonchev–Trinajstić information content (AvgIpc) is 3.42. The van der Waals surface area contributed by atoms with Gasteiger partial charge in [-0.3, -0.25) is 12.2 Å². The summed E-state index contributed by atoms with van der Waals surface area (Å²) < 4.78 is 5.48. The number of allylic oxidation sites excluding steroid dienone is 8. The Balaban J connectivity index is 0.000000200. The largest absolute Gasteiger partial charge is 2.00 e. The van der Waals surface area contributed by atoms with Crippen molar-refractivity contribution in [2.45, 2.75) is 78.6 Å². The zero-order valence-corrected chi connectivity index (χ0v) is 24.1. The maximum Gasteiger partial charge on any atom is 2.00 e. The summed E-state index contributed by atoms with van der Waals surface area (Å²) in [5.41, 5.74) is 2.69. The molecule has 0 aromatic heterocycles. The van der Waals surface area contributed by atoms with Gasteiger partial charge < -0.3 is 9.13 Å². The van der Waals surface area contributed by atoms with Gasteiger partial charge in [-0.1, -0.05) is 52.9 Å². The summed E-state index contributed by atoms with van der Waals surface area (Å²) in [7, 11) is -2.58. The fourth-order valence-electron chi connectivity index (χ4n) is 4.93. The minimum atomic E-state index is -1.29. The molecule has 0 aromatic carbocycles.